The van der Waals surface area contributed by atoms with Gasteiger partial charge in [0.05, 0.1) is 16.5 Å². The van der Waals surface area contributed by atoms with Crippen molar-refractivity contribution in [3.63, 3.8) is 0 Å². The Morgan fingerprint density at radius 2 is 1.75 bits per heavy atom. The molecule has 124 valence electrons. The average Bonchev–Trinajstić information content (AvgIpc) is 2.59. The fraction of sp³-hybridized carbons (Fsp3) is 0.235. The van der Waals surface area contributed by atoms with E-state index in [1.165, 1.54) is 6.92 Å². The lowest BCUT2D eigenvalue weighted by atomic mass is 10.0. The van der Waals surface area contributed by atoms with Crippen molar-refractivity contribution in [1.29, 1.82) is 5.26 Å². The number of nitriles is 1. The zero-order valence-electron chi connectivity index (χ0n) is 13.3. The second-order valence-electron chi connectivity index (χ2n) is 5.44. The molecule has 0 fully saturated rings. The molecule has 6 nitrogen and oxygen atoms in total. The van der Waals surface area contributed by atoms with Crippen molar-refractivity contribution < 1.29 is 9.13 Å². The first-order valence-electron chi connectivity index (χ1n) is 7.30. The average molecular weight is 343 g/mol. The molecular weight excluding hydrogens is 326 g/mol. The summed E-state index contributed by atoms with van der Waals surface area (Å²) in [7, 11) is -1.59. The summed E-state index contributed by atoms with van der Waals surface area (Å²) in [5.74, 6) is 0. The Morgan fingerprint density at radius 3 is 2.25 bits per heavy atom. The van der Waals surface area contributed by atoms with Gasteiger partial charge >= 0.3 is 0 Å². The molecule has 0 aliphatic carbocycles. The number of hydrogen-bond donors (Lipinski definition) is 1. The van der Waals surface area contributed by atoms with Gasteiger partial charge in [-0.05, 0) is 36.8 Å². The Hall–Kier alpha value is -2.56. The summed E-state index contributed by atoms with van der Waals surface area (Å²) in [6.07, 6.45) is 0. The largest absolute Gasteiger partial charge is 0.264 e. The summed E-state index contributed by atoms with van der Waals surface area (Å²) in [6, 6.07) is 13.9. The van der Waals surface area contributed by atoms with E-state index >= 15 is 0 Å². The molecule has 24 heavy (non-hydrogen) atoms. The van der Waals surface area contributed by atoms with Crippen molar-refractivity contribution in [2.75, 3.05) is 0 Å². The minimum absolute atomic E-state index is 0.414. The number of rotatable bonds is 6. The highest BCUT2D eigenvalue weighted by atomic mass is 32.2. The maximum absolute atomic E-state index is 12.5. The lowest BCUT2D eigenvalue weighted by Gasteiger charge is -2.20. The van der Waals surface area contributed by atoms with Crippen LogP contribution < -0.4 is 4.72 Å². The highest BCUT2D eigenvalue weighted by Crippen LogP contribution is 2.21. The topological polar surface area (TPSA) is 96.0 Å². The summed E-state index contributed by atoms with van der Waals surface area (Å²) in [4.78, 5) is 11.4. The van der Waals surface area contributed by atoms with Crippen molar-refractivity contribution in [3.05, 3.63) is 75.3 Å². The predicted octanol–water partition coefficient (Wildman–Crippen LogP) is 2.89. The molecule has 0 heterocycles. The van der Waals surface area contributed by atoms with Crippen LogP contribution in [0.4, 0.5) is 0 Å². The first-order chi connectivity index (χ1) is 11.4. The Kier molecular flexibility index (Phi) is 5.79. The molecule has 0 saturated carbocycles. The third-order valence-corrected chi connectivity index (χ3v) is 4.85. The van der Waals surface area contributed by atoms with E-state index in [9.17, 15) is 14.3 Å². The van der Waals surface area contributed by atoms with E-state index in [0.29, 0.717) is 16.0 Å². The lowest BCUT2D eigenvalue weighted by molar-refractivity contribution is -0.522. The summed E-state index contributed by atoms with van der Waals surface area (Å²) in [6.45, 7) is 3.39. The maximum Gasteiger partial charge on any atom is 0.230 e. The van der Waals surface area contributed by atoms with Crippen LogP contribution in [-0.4, -0.2) is 15.2 Å². The van der Waals surface area contributed by atoms with E-state index in [-0.39, 0.29) is 0 Å². The van der Waals surface area contributed by atoms with Crippen LogP contribution in [0.1, 0.15) is 29.7 Å². The molecule has 3 atom stereocenters. The van der Waals surface area contributed by atoms with E-state index in [1.807, 2.05) is 25.1 Å². The van der Waals surface area contributed by atoms with Crippen molar-refractivity contribution in [1.82, 2.24) is 4.72 Å². The normalized spacial score (nSPS) is 14.4. The Bertz CT molecular complexity index is 782. The summed E-state index contributed by atoms with van der Waals surface area (Å²) in [5.41, 5.74) is 2.11. The highest BCUT2D eigenvalue weighted by molar-refractivity contribution is 7.83. The van der Waals surface area contributed by atoms with Gasteiger partial charge in [0.25, 0.3) is 0 Å². The molecule has 0 amide bonds. The van der Waals surface area contributed by atoms with E-state index in [0.717, 1.165) is 5.56 Å². The molecule has 0 aliphatic rings. The zero-order chi connectivity index (χ0) is 17.7. The third-order valence-electron chi connectivity index (χ3n) is 3.68. The molecule has 7 heteroatoms. The van der Waals surface area contributed by atoms with Gasteiger partial charge < -0.3 is 0 Å². The fourth-order valence-corrected chi connectivity index (χ4v) is 3.26. The van der Waals surface area contributed by atoms with Gasteiger partial charge in [0.1, 0.15) is 17.0 Å². The number of aryl methyl sites for hydroxylation is 1. The van der Waals surface area contributed by atoms with E-state index in [1.54, 1.807) is 36.4 Å². The van der Waals surface area contributed by atoms with Crippen LogP contribution in [0.2, 0.25) is 0 Å². The highest BCUT2D eigenvalue weighted by Gasteiger charge is 2.30. The summed E-state index contributed by atoms with van der Waals surface area (Å²) < 4.78 is 15.4. The molecular formula is C17H17N3O3S. The number of nitrogens with zero attached hydrogens (tertiary/aromatic N) is 2. The standard InChI is InChI=1S/C17H17N3O3S/c1-12-3-9-16(10-4-12)24(23)19-17(13(2)20(21)22)15-7-5-14(11-18)6-8-15/h3-10,13,17,19H,1-2H3/t13-,17+,24?/m0/s1. The summed E-state index contributed by atoms with van der Waals surface area (Å²) in [5, 5.41) is 20.1. The second kappa shape index (κ2) is 7.81. The van der Waals surface area contributed by atoms with Gasteiger partial charge in [-0.1, -0.05) is 29.8 Å². The number of benzene rings is 2. The Balaban J connectivity index is 2.29. The molecule has 2 aromatic rings. The lowest BCUT2D eigenvalue weighted by Crippen LogP contribution is -2.36. The quantitative estimate of drug-likeness (QED) is 0.644. The molecule has 1 N–H and O–H groups in total. The monoisotopic (exact) mass is 343 g/mol. The van der Waals surface area contributed by atoms with Crippen LogP contribution in [-0.2, 0) is 11.0 Å². The van der Waals surface area contributed by atoms with Crippen molar-refractivity contribution >= 4 is 11.0 Å². The molecule has 2 aromatic carbocycles. The zero-order valence-corrected chi connectivity index (χ0v) is 14.1. The van der Waals surface area contributed by atoms with E-state index in [2.05, 4.69) is 4.72 Å². The number of hydrogen-bond acceptors (Lipinski definition) is 4. The Morgan fingerprint density at radius 1 is 1.17 bits per heavy atom. The van der Waals surface area contributed by atoms with Crippen molar-refractivity contribution in [3.8, 4) is 6.07 Å². The van der Waals surface area contributed by atoms with E-state index < -0.39 is 28.0 Å². The first-order valence-corrected chi connectivity index (χ1v) is 8.45. The minimum atomic E-state index is -1.59. The first kappa shape index (κ1) is 17.8. The van der Waals surface area contributed by atoms with Crippen LogP contribution in [0.3, 0.4) is 0 Å². The van der Waals surface area contributed by atoms with Crippen LogP contribution in [0, 0.1) is 28.4 Å². The van der Waals surface area contributed by atoms with Gasteiger partial charge in [-0.3, -0.25) is 10.1 Å². The third kappa shape index (κ3) is 4.25. The van der Waals surface area contributed by atoms with Crippen LogP contribution >= 0.6 is 0 Å². The molecule has 2 rings (SSSR count). The number of nitro groups is 1. The fourth-order valence-electron chi connectivity index (χ4n) is 2.18. The van der Waals surface area contributed by atoms with Gasteiger partial charge in [-0.2, -0.15) is 5.26 Å². The SMILES string of the molecule is Cc1ccc(S(=O)N[C@@H](c2ccc(C#N)cc2)[C@H](C)[N+](=O)[O-])cc1. The Labute approximate surface area is 142 Å². The van der Waals surface area contributed by atoms with Crippen LogP contribution in [0.5, 0.6) is 0 Å². The predicted molar refractivity (Wildman–Crippen MR) is 91.1 cm³/mol. The van der Waals surface area contributed by atoms with Gasteiger partial charge in [0.15, 0.2) is 0 Å². The number of nitrogens with one attached hydrogen (secondary N) is 1. The van der Waals surface area contributed by atoms with Gasteiger partial charge in [0, 0.05) is 11.8 Å². The van der Waals surface area contributed by atoms with Crippen LogP contribution in [0.15, 0.2) is 53.4 Å². The molecule has 1 unspecified atom stereocenters. The molecule has 0 aliphatic heterocycles. The second-order valence-corrected chi connectivity index (χ2v) is 6.68. The maximum atomic E-state index is 12.5. The molecule has 0 radical (unpaired) electrons. The van der Waals surface area contributed by atoms with Crippen molar-refractivity contribution in [2.45, 2.75) is 30.8 Å². The van der Waals surface area contributed by atoms with Crippen LogP contribution in [0.25, 0.3) is 0 Å². The molecule has 0 saturated heterocycles. The van der Waals surface area contributed by atoms with E-state index in [4.69, 9.17) is 5.26 Å². The van der Waals surface area contributed by atoms with Crippen molar-refractivity contribution in [2.24, 2.45) is 0 Å². The molecule has 0 aromatic heterocycles. The smallest absolute Gasteiger partial charge is 0.230 e. The summed E-state index contributed by atoms with van der Waals surface area (Å²) >= 11 is 0. The molecule has 0 spiro atoms. The van der Waals surface area contributed by atoms with Gasteiger partial charge in [-0.25, -0.2) is 8.93 Å². The van der Waals surface area contributed by atoms with Gasteiger partial charge in [-0.15, -0.1) is 0 Å². The minimum Gasteiger partial charge on any atom is -0.264 e. The molecule has 0 bridgehead atoms. The van der Waals surface area contributed by atoms with Gasteiger partial charge in [0.2, 0.25) is 6.04 Å².